The van der Waals surface area contributed by atoms with Gasteiger partial charge in [0.25, 0.3) is 5.91 Å². The molecule has 26 heavy (non-hydrogen) atoms. The lowest BCUT2D eigenvalue weighted by Crippen LogP contribution is -2.41. The molecule has 9 heteroatoms. The van der Waals surface area contributed by atoms with Crippen molar-refractivity contribution in [3.05, 3.63) is 41.7 Å². The summed E-state index contributed by atoms with van der Waals surface area (Å²) in [6.45, 7) is 0. The highest BCUT2D eigenvalue weighted by molar-refractivity contribution is 7.98. The summed E-state index contributed by atoms with van der Waals surface area (Å²) < 4.78 is 38.6. The number of hydrogen-bond donors (Lipinski definition) is 2. The van der Waals surface area contributed by atoms with Crippen molar-refractivity contribution in [1.29, 1.82) is 0 Å². The van der Waals surface area contributed by atoms with E-state index in [1.165, 1.54) is 18.1 Å². The van der Waals surface area contributed by atoms with Crippen molar-refractivity contribution in [2.24, 2.45) is 5.92 Å². The average molecular weight is 384 g/mol. The van der Waals surface area contributed by atoms with Gasteiger partial charge in [-0.25, -0.2) is 4.98 Å². The van der Waals surface area contributed by atoms with E-state index in [-0.39, 0.29) is 18.7 Å². The van der Waals surface area contributed by atoms with Gasteiger partial charge in [-0.05, 0) is 37.0 Å². The van der Waals surface area contributed by atoms with Crippen molar-refractivity contribution in [1.82, 2.24) is 20.5 Å². The highest BCUT2D eigenvalue weighted by atomic mass is 32.2. The third-order valence-corrected chi connectivity index (χ3v) is 5.40. The second kappa shape index (κ2) is 8.11. The lowest BCUT2D eigenvalue weighted by molar-refractivity contribution is -0.183. The first-order valence-electron chi connectivity index (χ1n) is 8.36. The van der Waals surface area contributed by atoms with Crippen LogP contribution in [0.3, 0.4) is 0 Å². The number of aromatic amines is 1. The fourth-order valence-electron chi connectivity index (χ4n) is 3.05. The van der Waals surface area contributed by atoms with Crippen molar-refractivity contribution in [3.8, 4) is 0 Å². The molecule has 0 saturated heterocycles. The van der Waals surface area contributed by atoms with Gasteiger partial charge >= 0.3 is 6.18 Å². The second-order valence-corrected chi connectivity index (χ2v) is 7.32. The Morgan fingerprint density at radius 3 is 2.69 bits per heavy atom. The van der Waals surface area contributed by atoms with Crippen molar-refractivity contribution in [2.45, 2.75) is 48.8 Å². The maximum atomic E-state index is 12.9. The minimum absolute atomic E-state index is 0.0405. The first-order chi connectivity index (χ1) is 12.4. The molecule has 140 valence electrons. The van der Waals surface area contributed by atoms with E-state index in [1.54, 1.807) is 12.1 Å². The van der Waals surface area contributed by atoms with Crippen LogP contribution in [-0.2, 0) is 5.75 Å². The Hall–Kier alpha value is -2.03. The first kappa shape index (κ1) is 18.8. The van der Waals surface area contributed by atoms with Crippen LogP contribution in [0, 0.1) is 5.92 Å². The standard InChI is InChI=1S/C17H19F3N4OS/c18-17(19,20)13-2-1-3-14(8-13)23-15(25)12-6-4-11(5-7-12)9-26-16-21-10-22-24-16/h4-7,10,13-14H,1-3,8-9H2,(H,23,25)(H,21,22,24)/t13-,14-/m0/s1. The number of nitrogens with one attached hydrogen (secondary N) is 2. The van der Waals surface area contributed by atoms with E-state index in [0.717, 1.165) is 5.56 Å². The predicted octanol–water partition coefficient (Wildman–Crippen LogP) is 3.95. The third kappa shape index (κ3) is 5.00. The van der Waals surface area contributed by atoms with Gasteiger partial charge in [0, 0.05) is 17.4 Å². The molecule has 0 unspecified atom stereocenters. The highest BCUT2D eigenvalue weighted by Crippen LogP contribution is 2.37. The molecule has 1 aromatic carbocycles. The van der Waals surface area contributed by atoms with E-state index in [9.17, 15) is 18.0 Å². The Bertz CT molecular complexity index is 719. The van der Waals surface area contributed by atoms with Gasteiger partial charge in [0.2, 0.25) is 0 Å². The van der Waals surface area contributed by atoms with E-state index in [0.29, 0.717) is 29.3 Å². The van der Waals surface area contributed by atoms with Crippen LogP contribution in [-0.4, -0.2) is 33.3 Å². The van der Waals surface area contributed by atoms with Gasteiger partial charge in [-0.15, -0.1) is 0 Å². The highest BCUT2D eigenvalue weighted by Gasteiger charge is 2.42. The minimum Gasteiger partial charge on any atom is -0.349 e. The molecule has 1 fully saturated rings. The van der Waals surface area contributed by atoms with E-state index in [1.807, 2.05) is 12.1 Å². The Morgan fingerprint density at radius 2 is 2.04 bits per heavy atom. The SMILES string of the molecule is O=C(N[C@H]1CCC[C@H](C(F)(F)F)C1)c1ccc(CSc2ncn[nH]2)cc1. The summed E-state index contributed by atoms with van der Waals surface area (Å²) in [6.07, 6.45) is -1.58. The minimum atomic E-state index is -4.19. The van der Waals surface area contributed by atoms with Crippen molar-refractivity contribution in [3.63, 3.8) is 0 Å². The maximum Gasteiger partial charge on any atom is 0.391 e. The van der Waals surface area contributed by atoms with Crippen molar-refractivity contribution in [2.75, 3.05) is 0 Å². The molecule has 1 aliphatic rings. The average Bonchev–Trinajstić information content (AvgIpc) is 3.13. The molecule has 2 N–H and O–H groups in total. The number of carbonyl (C=O) groups excluding carboxylic acids is 1. The number of thioether (sulfide) groups is 1. The normalized spacial score (nSPS) is 20.7. The Balaban J connectivity index is 1.53. The molecule has 0 bridgehead atoms. The predicted molar refractivity (Wildman–Crippen MR) is 91.7 cm³/mol. The molecule has 1 aliphatic carbocycles. The topological polar surface area (TPSA) is 70.7 Å². The summed E-state index contributed by atoms with van der Waals surface area (Å²) in [5.74, 6) is -0.975. The number of rotatable bonds is 5. The molecule has 2 aromatic rings. The van der Waals surface area contributed by atoms with Gasteiger partial charge in [0.05, 0.1) is 5.92 Å². The lowest BCUT2D eigenvalue weighted by atomic mass is 9.85. The smallest absolute Gasteiger partial charge is 0.349 e. The molecule has 1 amide bonds. The Labute approximate surface area is 153 Å². The zero-order valence-corrected chi connectivity index (χ0v) is 14.7. The fraction of sp³-hybridized carbons (Fsp3) is 0.471. The Kier molecular flexibility index (Phi) is 5.85. The van der Waals surface area contributed by atoms with Crippen molar-refractivity contribution >= 4 is 17.7 Å². The molecule has 3 rings (SSSR count). The number of amides is 1. The van der Waals surface area contributed by atoms with Gasteiger partial charge in [0.1, 0.15) is 6.33 Å². The van der Waals surface area contributed by atoms with E-state index in [2.05, 4.69) is 20.5 Å². The number of hydrogen-bond acceptors (Lipinski definition) is 4. The number of carbonyl (C=O) groups is 1. The monoisotopic (exact) mass is 384 g/mol. The number of H-pyrrole nitrogens is 1. The number of alkyl halides is 3. The number of benzene rings is 1. The van der Waals surface area contributed by atoms with Crippen LogP contribution in [0.5, 0.6) is 0 Å². The zero-order chi connectivity index (χ0) is 18.6. The largest absolute Gasteiger partial charge is 0.391 e. The van der Waals surface area contributed by atoms with Crippen LogP contribution >= 0.6 is 11.8 Å². The molecule has 1 heterocycles. The Morgan fingerprint density at radius 1 is 1.27 bits per heavy atom. The third-order valence-electron chi connectivity index (χ3n) is 4.46. The second-order valence-electron chi connectivity index (χ2n) is 6.35. The summed E-state index contributed by atoms with van der Waals surface area (Å²) in [5, 5.41) is 9.98. The number of nitrogens with zero attached hydrogens (tertiary/aromatic N) is 2. The summed E-state index contributed by atoms with van der Waals surface area (Å²) >= 11 is 1.49. The van der Waals surface area contributed by atoms with Crippen LogP contribution in [0.4, 0.5) is 13.2 Å². The zero-order valence-electron chi connectivity index (χ0n) is 13.9. The molecular weight excluding hydrogens is 365 g/mol. The summed E-state index contributed by atoms with van der Waals surface area (Å²) in [4.78, 5) is 16.3. The first-order valence-corrected chi connectivity index (χ1v) is 9.35. The fourth-order valence-corrected chi connectivity index (χ4v) is 3.79. The molecule has 0 radical (unpaired) electrons. The van der Waals surface area contributed by atoms with Crippen molar-refractivity contribution < 1.29 is 18.0 Å². The molecule has 0 aliphatic heterocycles. The van der Waals surface area contributed by atoms with Gasteiger partial charge < -0.3 is 5.32 Å². The quantitative estimate of drug-likeness (QED) is 0.766. The van der Waals surface area contributed by atoms with Gasteiger partial charge in [0.15, 0.2) is 5.16 Å². The van der Waals surface area contributed by atoms with Crippen LogP contribution < -0.4 is 5.32 Å². The van der Waals surface area contributed by atoms with E-state index in [4.69, 9.17) is 0 Å². The van der Waals surface area contributed by atoms with Crippen LogP contribution in [0.15, 0.2) is 35.7 Å². The van der Waals surface area contributed by atoms with Gasteiger partial charge in [-0.1, -0.05) is 30.3 Å². The maximum absolute atomic E-state index is 12.9. The van der Waals surface area contributed by atoms with Crippen LogP contribution in [0.25, 0.3) is 0 Å². The van der Waals surface area contributed by atoms with Gasteiger partial charge in [-0.2, -0.15) is 18.3 Å². The lowest BCUT2D eigenvalue weighted by Gasteiger charge is -2.31. The molecule has 5 nitrogen and oxygen atoms in total. The summed E-state index contributed by atoms with van der Waals surface area (Å²) in [5.41, 5.74) is 1.46. The van der Waals surface area contributed by atoms with Crippen LogP contribution in [0.2, 0.25) is 0 Å². The molecule has 2 atom stereocenters. The van der Waals surface area contributed by atoms with E-state index >= 15 is 0 Å². The summed E-state index contributed by atoms with van der Waals surface area (Å²) in [7, 11) is 0. The molecule has 1 saturated carbocycles. The van der Waals surface area contributed by atoms with Crippen LogP contribution in [0.1, 0.15) is 41.6 Å². The van der Waals surface area contributed by atoms with Gasteiger partial charge in [-0.3, -0.25) is 9.89 Å². The number of aromatic nitrogens is 3. The number of halogens is 3. The summed E-state index contributed by atoms with van der Waals surface area (Å²) in [6, 6.07) is 6.62. The molecule has 1 aromatic heterocycles. The molecular formula is C17H19F3N4OS. The molecule has 0 spiro atoms. The van der Waals surface area contributed by atoms with E-state index < -0.39 is 18.1 Å².